The molecule has 0 spiro atoms. The van der Waals surface area contributed by atoms with E-state index in [1.165, 1.54) is 19.1 Å². The van der Waals surface area contributed by atoms with Gasteiger partial charge in [-0.25, -0.2) is 9.78 Å². The maximum absolute atomic E-state index is 13.4. The quantitative estimate of drug-likeness (QED) is 0.753. The number of alkyl halides is 3. The van der Waals surface area contributed by atoms with Crippen molar-refractivity contribution in [2.24, 2.45) is 0 Å². The Kier molecular flexibility index (Phi) is 3.43. The summed E-state index contributed by atoms with van der Waals surface area (Å²) in [6, 6.07) is 7.64. The minimum absolute atomic E-state index is 0.155. The number of halogens is 3. The predicted molar refractivity (Wildman–Crippen MR) is 77.9 cm³/mol. The van der Waals surface area contributed by atoms with Gasteiger partial charge in [-0.2, -0.15) is 17.7 Å². The number of benzene rings is 1. The Balaban J connectivity index is 2.50. The number of aromatic nitrogens is 3. The number of nitrogens with one attached hydrogen (secondary N) is 1. The SMILES string of the molecule is Cc1nc2c(-c3ccccc3)c(C(F)(F)F)[nH]n2c(=O)c1C(=O)O. The van der Waals surface area contributed by atoms with Crippen LogP contribution < -0.4 is 5.56 Å². The summed E-state index contributed by atoms with van der Waals surface area (Å²) in [6.45, 7) is 1.26. The largest absolute Gasteiger partial charge is 0.477 e. The summed E-state index contributed by atoms with van der Waals surface area (Å²) in [7, 11) is 0. The molecule has 6 nitrogen and oxygen atoms in total. The van der Waals surface area contributed by atoms with Gasteiger partial charge >= 0.3 is 12.1 Å². The van der Waals surface area contributed by atoms with Gasteiger partial charge in [0.25, 0.3) is 5.56 Å². The van der Waals surface area contributed by atoms with E-state index in [1.54, 1.807) is 18.2 Å². The van der Waals surface area contributed by atoms with Gasteiger partial charge in [-0.1, -0.05) is 30.3 Å². The van der Waals surface area contributed by atoms with Crippen LogP contribution in [0.5, 0.6) is 0 Å². The number of carboxylic acid groups (broad SMARTS) is 1. The highest BCUT2D eigenvalue weighted by atomic mass is 19.4. The maximum Gasteiger partial charge on any atom is 0.433 e. The Bertz CT molecular complexity index is 1000. The van der Waals surface area contributed by atoms with Crippen LogP contribution in [-0.2, 0) is 6.18 Å². The average molecular weight is 337 g/mol. The van der Waals surface area contributed by atoms with Crippen LogP contribution in [0.3, 0.4) is 0 Å². The molecule has 0 saturated carbocycles. The monoisotopic (exact) mass is 337 g/mol. The summed E-state index contributed by atoms with van der Waals surface area (Å²) in [5, 5.41) is 11.0. The van der Waals surface area contributed by atoms with Crippen LogP contribution in [0.4, 0.5) is 13.2 Å². The molecule has 0 radical (unpaired) electrons. The van der Waals surface area contributed by atoms with Crippen LogP contribution in [0.1, 0.15) is 21.7 Å². The highest BCUT2D eigenvalue weighted by Gasteiger charge is 2.38. The van der Waals surface area contributed by atoms with Gasteiger partial charge in [0, 0.05) is 0 Å². The van der Waals surface area contributed by atoms with Crippen LogP contribution in [0.25, 0.3) is 16.8 Å². The van der Waals surface area contributed by atoms with Crippen molar-refractivity contribution in [1.82, 2.24) is 14.6 Å². The predicted octanol–water partition coefficient (Wildman–Crippen LogP) is 2.72. The Labute approximate surface area is 132 Å². The van der Waals surface area contributed by atoms with E-state index in [0.29, 0.717) is 4.52 Å². The number of carbonyl (C=O) groups is 1. The van der Waals surface area contributed by atoms with Crippen molar-refractivity contribution >= 4 is 11.6 Å². The second kappa shape index (κ2) is 5.22. The Morgan fingerprint density at radius 3 is 2.42 bits per heavy atom. The van der Waals surface area contributed by atoms with Crippen molar-refractivity contribution in [2.75, 3.05) is 0 Å². The highest BCUT2D eigenvalue weighted by molar-refractivity contribution is 5.89. The van der Waals surface area contributed by atoms with Gasteiger partial charge in [0.1, 0.15) is 11.3 Å². The Morgan fingerprint density at radius 2 is 1.88 bits per heavy atom. The van der Waals surface area contributed by atoms with Gasteiger partial charge in [-0.3, -0.25) is 9.89 Å². The minimum atomic E-state index is -4.78. The zero-order valence-corrected chi connectivity index (χ0v) is 12.2. The number of hydrogen-bond donors (Lipinski definition) is 2. The molecule has 3 aromatic rings. The molecule has 0 unspecified atom stereocenters. The van der Waals surface area contributed by atoms with E-state index in [4.69, 9.17) is 5.11 Å². The summed E-state index contributed by atoms with van der Waals surface area (Å²) in [5.41, 5.74) is -3.48. The smallest absolute Gasteiger partial charge is 0.433 e. The van der Waals surface area contributed by atoms with Gasteiger partial charge in [0.05, 0.1) is 11.3 Å². The van der Waals surface area contributed by atoms with Gasteiger partial charge in [-0.15, -0.1) is 0 Å². The number of fused-ring (bicyclic) bond motifs is 1. The summed E-state index contributed by atoms with van der Waals surface area (Å²) >= 11 is 0. The number of aryl methyl sites for hydroxylation is 1. The lowest BCUT2D eigenvalue weighted by molar-refractivity contribution is -0.140. The molecule has 0 bridgehead atoms. The standard InChI is InChI=1S/C15H10F3N3O3/c1-7-9(14(23)24)13(22)21-12(19-7)10(8-5-3-2-4-6-8)11(20-21)15(16,17)18/h2-6,20H,1H3,(H,23,24). The van der Waals surface area contributed by atoms with Crippen LogP contribution in [0.15, 0.2) is 35.1 Å². The Morgan fingerprint density at radius 1 is 1.25 bits per heavy atom. The first-order valence-corrected chi connectivity index (χ1v) is 6.73. The van der Waals surface area contributed by atoms with Crippen molar-refractivity contribution in [2.45, 2.75) is 13.1 Å². The van der Waals surface area contributed by atoms with Gasteiger partial charge in [-0.05, 0) is 12.5 Å². The fourth-order valence-corrected chi connectivity index (χ4v) is 2.51. The molecule has 0 aliphatic rings. The third-order valence-corrected chi connectivity index (χ3v) is 3.52. The number of carboxylic acids is 1. The van der Waals surface area contributed by atoms with E-state index in [-0.39, 0.29) is 22.5 Å². The Hall–Kier alpha value is -3.10. The number of H-pyrrole nitrogens is 1. The topological polar surface area (TPSA) is 87.5 Å². The number of nitrogens with zero attached hydrogens (tertiary/aromatic N) is 2. The summed E-state index contributed by atoms with van der Waals surface area (Å²) in [5.74, 6) is -1.55. The first-order chi connectivity index (χ1) is 11.2. The molecule has 0 saturated heterocycles. The van der Waals surface area contributed by atoms with Gasteiger partial charge < -0.3 is 5.11 Å². The van der Waals surface area contributed by atoms with E-state index in [0.717, 1.165) is 0 Å². The van der Waals surface area contributed by atoms with Crippen molar-refractivity contribution < 1.29 is 23.1 Å². The van der Waals surface area contributed by atoms with Crippen LogP contribution in [0, 0.1) is 6.92 Å². The number of rotatable bonds is 2. The van der Waals surface area contributed by atoms with E-state index in [2.05, 4.69) is 4.98 Å². The molecule has 24 heavy (non-hydrogen) atoms. The second-order valence-corrected chi connectivity index (χ2v) is 5.07. The zero-order valence-electron chi connectivity index (χ0n) is 12.2. The first kappa shape index (κ1) is 15.8. The minimum Gasteiger partial charge on any atom is -0.477 e. The zero-order chi connectivity index (χ0) is 17.6. The molecule has 2 aromatic heterocycles. The average Bonchev–Trinajstić information content (AvgIpc) is 2.87. The molecule has 0 atom stereocenters. The highest BCUT2D eigenvalue weighted by Crippen LogP contribution is 2.38. The summed E-state index contributed by atoms with van der Waals surface area (Å²) in [4.78, 5) is 27.3. The first-order valence-electron chi connectivity index (χ1n) is 6.73. The molecule has 0 aliphatic carbocycles. The van der Waals surface area contributed by atoms with E-state index >= 15 is 0 Å². The molecule has 2 heterocycles. The fraction of sp³-hybridized carbons (Fsp3) is 0.133. The third-order valence-electron chi connectivity index (χ3n) is 3.52. The molecular weight excluding hydrogens is 327 g/mol. The summed E-state index contributed by atoms with van der Waals surface area (Å²) in [6.07, 6.45) is -4.78. The molecule has 124 valence electrons. The van der Waals surface area contributed by atoms with Crippen molar-refractivity contribution in [3.63, 3.8) is 0 Å². The molecular formula is C15H10F3N3O3. The molecule has 1 aromatic carbocycles. The second-order valence-electron chi connectivity index (χ2n) is 5.07. The van der Waals surface area contributed by atoms with Crippen LogP contribution in [-0.4, -0.2) is 25.7 Å². The normalized spacial score (nSPS) is 11.8. The van der Waals surface area contributed by atoms with Gasteiger partial charge in [0.15, 0.2) is 5.65 Å². The van der Waals surface area contributed by atoms with Crippen LogP contribution in [0.2, 0.25) is 0 Å². The molecule has 0 fully saturated rings. The lowest BCUT2D eigenvalue weighted by Gasteiger charge is -2.07. The fourth-order valence-electron chi connectivity index (χ4n) is 2.51. The molecule has 2 N–H and O–H groups in total. The lowest BCUT2D eigenvalue weighted by atomic mass is 10.1. The summed E-state index contributed by atoms with van der Waals surface area (Å²) < 4.78 is 40.6. The van der Waals surface area contributed by atoms with E-state index in [9.17, 15) is 22.8 Å². The maximum atomic E-state index is 13.4. The van der Waals surface area contributed by atoms with Crippen molar-refractivity contribution in [3.05, 3.63) is 57.6 Å². The lowest BCUT2D eigenvalue weighted by Crippen LogP contribution is -2.25. The third kappa shape index (κ3) is 2.34. The van der Waals surface area contributed by atoms with E-state index < -0.39 is 29.0 Å². The molecule has 0 amide bonds. The van der Waals surface area contributed by atoms with Crippen molar-refractivity contribution in [1.29, 1.82) is 0 Å². The number of aromatic amines is 1. The molecule has 0 aliphatic heterocycles. The molecule has 9 heteroatoms. The number of aromatic carboxylic acids is 1. The van der Waals surface area contributed by atoms with E-state index in [1.807, 2.05) is 5.10 Å². The number of hydrogen-bond acceptors (Lipinski definition) is 3. The van der Waals surface area contributed by atoms with Gasteiger partial charge in [0.2, 0.25) is 0 Å². The van der Waals surface area contributed by atoms with Crippen molar-refractivity contribution in [3.8, 4) is 11.1 Å². The molecule has 3 rings (SSSR count). The van der Waals surface area contributed by atoms with Crippen LogP contribution >= 0.6 is 0 Å².